The van der Waals surface area contributed by atoms with Crippen molar-refractivity contribution in [1.29, 1.82) is 0 Å². The van der Waals surface area contributed by atoms with Crippen LogP contribution in [0.5, 0.6) is 0 Å². The van der Waals surface area contributed by atoms with Gasteiger partial charge in [0.2, 0.25) is 0 Å². The fourth-order valence-electron chi connectivity index (χ4n) is 1.67. The van der Waals surface area contributed by atoms with Gasteiger partial charge in [-0.05, 0) is 29.8 Å². The minimum absolute atomic E-state index is 0.332. The normalized spacial score (nSPS) is 12.5. The van der Waals surface area contributed by atoms with Gasteiger partial charge >= 0.3 is 0 Å². The van der Waals surface area contributed by atoms with E-state index in [9.17, 15) is 4.39 Å². The first-order valence-corrected chi connectivity index (χ1v) is 5.80. The van der Waals surface area contributed by atoms with Crippen molar-refractivity contribution >= 4 is 23.2 Å². The number of benzene rings is 2. The first-order valence-electron chi connectivity index (χ1n) is 5.04. The highest BCUT2D eigenvalue weighted by Crippen LogP contribution is 2.32. The van der Waals surface area contributed by atoms with Crippen LogP contribution in [0.2, 0.25) is 10.0 Å². The van der Waals surface area contributed by atoms with Gasteiger partial charge in [0, 0.05) is 15.6 Å². The molecule has 2 N–H and O–H groups in total. The monoisotopic (exact) mass is 269 g/mol. The molecule has 0 radical (unpaired) electrons. The smallest absolute Gasteiger partial charge is 0.123 e. The van der Waals surface area contributed by atoms with Crippen molar-refractivity contribution in [3.8, 4) is 0 Å². The van der Waals surface area contributed by atoms with E-state index in [2.05, 4.69) is 0 Å². The second-order valence-electron chi connectivity index (χ2n) is 3.67. The van der Waals surface area contributed by atoms with Crippen molar-refractivity contribution in [3.63, 3.8) is 0 Å². The van der Waals surface area contributed by atoms with Gasteiger partial charge in [0.05, 0.1) is 6.04 Å². The van der Waals surface area contributed by atoms with Crippen molar-refractivity contribution in [2.24, 2.45) is 5.73 Å². The molecular formula is C13H10Cl2FN. The van der Waals surface area contributed by atoms with Crippen molar-refractivity contribution in [1.82, 2.24) is 0 Å². The second kappa shape index (κ2) is 5.05. The maximum Gasteiger partial charge on any atom is 0.123 e. The van der Waals surface area contributed by atoms with E-state index in [4.69, 9.17) is 28.9 Å². The van der Waals surface area contributed by atoms with E-state index in [1.807, 2.05) is 0 Å². The summed E-state index contributed by atoms with van der Waals surface area (Å²) in [5, 5.41) is 0.962. The zero-order valence-electron chi connectivity index (χ0n) is 8.83. The Hall–Kier alpha value is -1.09. The lowest BCUT2D eigenvalue weighted by atomic mass is 9.99. The number of halogens is 3. The van der Waals surface area contributed by atoms with E-state index >= 15 is 0 Å². The first-order chi connectivity index (χ1) is 8.09. The summed E-state index contributed by atoms with van der Waals surface area (Å²) in [6.45, 7) is 0. The largest absolute Gasteiger partial charge is 0.320 e. The van der Waals surface area contributed by atoms with Gasteiger partial charge < -0.3 is 5.73 Å². The molecule has 2 aromatic carbocycles. The first kappa shape index (κ1) is 12.4. The Morgan fingerprint density at radius 2 is 1.59 bits per heavy atom. The Morgan fingerprint density at radius 1 is 1.00 bits per heavy atom. The fraction of sp³-hybridized carbons (Fsp3) is 0.0769. The maximum atomic E-state index is 13.1. The van der Waals surface area contributed by atoms with Crippen LogP contribution in [0.4, 0.5) is 4.39 Å². The zero-order valence-corrected chi connectivity index (χ0v) is 10.3. The molecule has 1 nitrogen and oxygen atoms in total. The number of nitrogens with two attached hydrogens (primary N) is 1. The van der Waals surface area contributed by atoms with E-state index in [1.54, 1.807) is 30.3 Å². The van der Waals surface area contributed by atoms with Crippen LogP contribution < -0.4 is 5.73 Å². The van der Waals surface area contributed by atoms with Gasteiger partial charge in [-0.1, -0.05) is 41.4 Å². The summed E-state index contributed by atoms with van der Waals surface area (Å²) in [5.74, 6) is -0.332. The molecule has 88 valence electrons. The lowest BCUT2D eigenvalue weighted by Gasteiger charge is -2.15. The molecule has 0 saturated carbocycles. The Labute approximate surface area is 109 Å². The third-order valence-electron chi connectivity index (χ3n) is 2.52. The topological polar surface area (TPSA) is 26.0 Å². The summed E-state index contributed by atoms with van der Waals surface area (Å²) >= 11 is 12.1. The van der Waals surface area contributed by atoms with Crippen LogP contribution in [0.15, 0.2) is 42.5 Å². The summed E-state index contributed by atoms with van der Waals surface area (Å²) in [6, 6.07) is 10.7. The van der Waals surface area contributed by atoms with Crippen molar-refractivity contribution in [2.45, 2.75) is 6.04 Å². The van der Waals surface area contributed by atoms with Gasteiger partial charge in [0.1, 0.15) is 5.82 Å². The van der Waals surface area contributed by atoms with Crippen LogP contribution in [0.1, 0.15) is 17.2 Å². The molecule has 0 heterocycles. The molecule has 0 saturated heterocycles. The number of hydrogen-bond donors (Lipinski definition) is 1. The molecule has 0 aliphatic heterocycles. The van der Waals surface area contributed by atoms with Crippen LogP contribution in [0.25, 0.3) is 0 Å². The summed E-state index contributed by atoms with van der Waals surface area (Å²) in [4.78, 5) is 0. The molecule has 0 aliphatic carbocycles. The second-order valence-corrected chi connectivity index (χ2v) is 4.48. The molecule has 0 amide bonds. The van der Waals surface area contributed by atoms with Crippen LogP contribution in [0.3, 0.4) is 0 Å². The van der Waals surface area contributed by atoms with E-state index < -0.39 is 6.04 Å². The molecular weight excluding hydrogens is 260 g/mol. The number of rotatable bonds is 2. The quantitative estimate of drug-likeness (QED) is 0.870. The predicted octanol–water partition coefficient (Wildman–Crippen LogP) is 4.18. The van der Waals surface area contributed by atoms with Crippen LogP contribution in [-0.4, -0.2) is 0 Å². The Kier molecular flexibility index (Phi) is 3.67. The van der Waals surface area contributed by atoms with Crippen molar-refractivity contribution in [2.75, 3.05) is 0 Å². The fourth-order valence-corrected chi connectivity index (χ4v) is 2.31. The highest BCUT2D eigenvalue weighted by Gasteiger charge is 2.16. The van der Waals surface area contributed by atoms with Gasteiger partial charge in [-0.25, -0.2) is 4.39 Å². The average molecular weight is 270 g/mol. The Balaban J connectivity index is 2.47. The van der Waals surface area contributed by atoms with Gasteiger partial charge in [0.15, 0.2) is 0 Å². The summed E-state index contributed by atoms with van der Waals surface area (Å²) in [7, 11) is 0. The SMILES string of the molecule is NC(c1cccc(F)c1)c1c(Cl)cccc1Cl. The van der Waals surface area contributed by atoms with Gasteiger partial charge in [-0.2, -0.15) is 0 Å². The molecule has 4 heteroatoms. The average Bonchev–Trinajstić information content (AvgIpc) is 2.28. The minimum atomic E-state index is -0.535. The zero-order chi connectivity index (χ0) is 12.4. The van der Waals surface area contributed by atoms with Crippen molar-refractivity contribution < 1.29 is 4.39 Å². The summed E-state index contributed by atoms with van der Waals surface area (Å²) < 4.78 is 13.1. The van der Waals surface area contributed by atoms with Crippen molar-refractivity contribution in [3.05, 3.63) is 69.5 Å². The summed E-state index contributed by atoms with van der Waals surface area (Å²) in [5.41, 5.74) is 7.30. The highest BCUT2D eigenvalue weighted by molar-refractivity contribution is 6.36. The van der Waals surface area contributed by atoms with E-state index in [1.165, 1.54) is 12.1 Å². The molecule has 2 aromatic rings. The van der Waals surface area contributed by atoms with Crippen LogP contribution in [0, 0.1) is 5.82 Å². The van der Waals surface area contributed by atoms with Gasteiger partial charge in [0.25, 0.3) is 0 Å². The molecule has 0 bridgehead atoms. The molecule has 0 aliphatic rings. The minimum Gasteiger partial charge on any atom is -0.320 e. The third-order valence-corrected chi connectivity index (χ3v) is 3.18. The molecule has 0 aromatic heterocycles. The summed E-state index contributed by atoms with van der Waals surface area (Å²) in [6.07, 6.45) is 0. The van der Waals surface area contributed by atoms with Crippen LogP contribution >= 0.6 is 23.2 Å². The number of hydrogen-bond acceptors (Lipinski definition) is 1. The highest BCUT2D eigenvalue weighted by atomic mass is 35.5. The molecule has 0 fully saturated rings. The van der Waals surface area contributed by atoms with Crippen LogP contribution in [-0.2, 0) is 0 Å². The molecule has 17 heavy (non-hydrogen) atoms. The van der Waals surface area contributed by atoms with E-state index in [-0.39, 0.29) is 5.82 Å². The van der Waals surface area contributed by atoms with Gasteiger partial charge in [-0.3, -0.25) is 0 Å². The molecule has 2 rings (SSSR count). The van der Waals surface area contributed by atoms with Gasteiger partial charge in [-0.15, -0.1) is 0 Å². The standard InChI is InChI=1S/C13H10Cl2FN/c14-10-5-2-6-11(15)12(10)13(17)8-3-1-4-9(16)7-8/h1-7,13H,17H2. The predicted molar refractivity (Wildman–Crippen MR) is 68.9 cm³/mol. The lowest BCUT2D eigenvalue weighted by molar-refractivity contribution is 0.623. The Bertz CT molecular complexity index is 522. The molecule has 1 unspecified atom stereocenters. The maximum absolute atomic E-state index is 13.1. The lowest BCUT2D eigenvalue weighted by Crippen LogP contribution is -2.13. The third kappa shape index (κ3) is 2.60. The molecule has 1 atom stereocenters. The Morgan fingerprint density at radius 3 is 2.18 bits per heavy atom. The molecule has 0 spiro atoms. The van der Waals surface area contributed by atoms with E-state index in [0.29, 0.717) is 21.2 Å². The van der Waals surface area contributed by atoms with E-state index in [0.717, 1.165) is 0 Å².